The van der Waals surface area contributed by atoms with Crippen LogP contribution in [0.3, 0.4) is 0 Å². The molecule has 0 aromatic heterocycles. The maximum Gasteiger partial charge on any atom is 0.256 e. The van der Waals surface area contributed by atoms with Gasteiger partial charge in [-0.15, -0.1) is 0 Å². The standard InChI is InChI=1S/C23H27N5O2/c1-23(20-7-2-3-8-21(20)26-22(23)30)25-14-18(27-24)15-28-11-9-16(10-12-28)17-5-4-6-19(29)13-17/h2-8,13-14,16,29H,9-12,15,24H2,1H3,(H,26,30). The van der Waals surface area contributed by atoms with E-state index in [2.05, 4.69) is 26.4 Å². The van der Waals surface area contributed by atoms with Crippen molar-refractivity contribution in [1.82, 2.24) is 4.90 Å². The lowest BCUT2D eigenvalue weighted by Gasteiger charge is -2.32. The van der Waals surface area contributed by atoms with Gasteiger partial charge in [0.05, 0.1) is 5.71 Å². The van der Waals surface area contributed by atoms with Crippen molar-refractivity contribution in [3.63, 3.8) is 0 Å². The lowest BCUT2D eigenvalue weighted by atomic mass is 9.89. The van der Waals surface area contributed by atoms with Crippen molar-refractivity contribution in [2.75, 3.05) is 25.0 Å². The second-order valence-electron chi connectivity index (χ2n) is 8.10. The predicted molar refractivity (Wildman–Crippen MR) is 119 cm³/mol. The first kappa shape index (κ1) is 20.1. The number of carbonyl (C=O) groups is 1. The van der Waals surface area contributed by atoms with Crippen LogP contribution in [0.2, 0.25) is 0 Å². The monoisotopic (exact) mass is 405 g/mol. The molecule has 0 radical (unpaired) electrons. The Morgan fingerprint density at radius 2 is 2.03 bits per heavy atom. The summed E-state index contributed by atoms with van der Waals surface area (Å²) in [6.07, 6.45) is 3.64. The molecular weight excluding hydrogens is 378 g/mol. The number of hydrogen-bond donors (Lipinski definition) is 3. The van der Waals surface area contributed by atoms with E-state index < -0.39 is 5.54 Å². The highest BCUT2D eigenvalue weighted by atomic mass is 16.3. The van der Waals surface area contributed by atoms with E-state index in [4.69, 9.17) is 5.84 Å². The van der Waals surface area contributed by atoms with Crippen molar-refractivity contribution in [2.45, 2.75) is 31.2 Å². The summed E-state index contributed by atoms with van der Waals surface area (Å²) in [4.78, 5) is 19.4. The number of nitrogens with one attached hydrogen (secondary N) is 1. The highest BCUT2D eigenvalue weighted by Crippen LogP contribution is 2.38. The minimum absolute atomic E-state index is 0.150. The summed E-state index contributed by atoms with van der Waals surface area (Å²) in [5.41, 5.74) is 2.50. The van der Waals surface area contributed by atoms with Gasteiger partial charge >= 0.3 is 0 Å². The van der Waals surface area contributed by atoms with E-state index in [9.17, 15) is 9.90 Å². The molecule has 1 saturated heterocycles. The molecule has 4 rings (SSSR count). The van der Waals surface area contributed by atoms with Gasteiger partial charge in [0.15, 0.2) is 5.54 Å². The topological polar surface area (TPSA) is 103 Å². The summed E-state index contributed by atoms with van der Waals surface area (Å²) < 4.78 is 0. The number of anilines is 1. The number of carbonyl (C=O) groups excluding carboxylic acids is 1. The first-order valence-electron chi connectivity index (χ1n) is 10.2. The van der Waals surface area contributed by atoms with Crippen molar-refractivity contribution in [1.29, 1.82) is 0 Å². The summed E-state index contributed by atoms with van der Waals surface area (Å²) >= 11 is 0. The molecule has 2 heterocycles. The normalized spacial score (nSPS) is 23.0. The summed E-state index contributed by atoms with van der Waals surface area (Å²) in [6, 6.07) is 15.1. The Morgan fingerprint density at radius 1 is 1.27 bits per heavy atom. The maximum absolute atomic E-state index is 12.5. The van der Waals surface area contributed by atoms with E-state index in [0.29, 0.717) is 23.9 Å². The van der Waals surface area contributed by atoms with Crippen molar-refractivity contribution < 1.29 is 9.90 Å². The molecule has 2 aromatic carbocycles. The molecule has 1 unspecified atom stereocenters. The Hall–Kier alpha value is -3.19. The van der Waals surface area contributed by atoms with E-state index in [1.165, 1.54) is 5.56 Å². The van der Waals surface area contributed by atoms with Crippen molar-refractivity contribution in [2.24, 2.45) is 15.9 Å². The molecule has 30 heavy (non-hydrogen) atoms. The number of aromatic hydroxyl groups is 1. The second kappa shape index (κ2) is 8.28. The number of hydrazone groups is 1. The molecule has 2 aliphatic heterocycles. The number of benzene rings is 2. The van der Waals surface area contributed by atoms with Gasteiger partial charge in [-0.1, -0.05) is 30.3 Å². The van der Waals surface area contributed by atoms with E-state index in [1.54, 1.807) is 19.2 Å². The smallest absolute Gasteiger partial charge is 0.256 e. The first-order chi connectivity index (χ1) is 14.5. The molecule has 7 heteroatoms. The van der Waals surface area contributed by atoms with E-state index >= 15 is 0 Å². The quantitative estimate of drug-likeness (QED) is 0.404. The third kappa shape index (κ3) is 3.93. The molecule has 0 saturated carbocycles. The van der Waals surface area contributed by atoms with Gasteiger partial charge in [0.2, 0.25) is 0 Å². The van der Waals surface area contributed by atoms with Gasteiger partial charge in [-0.2, -0.15) is 5.10 Å². The van der Waals surface area contributed by atoms with Crippen molar-refractivity contribution in [3.05, 3.63) is 59.7 Å². The largest absolute Gasteiger partial charge is 0.508 e. The van der Waals surface area contributed by atoms with Crippen LogP contribution in [0.15, 0.2) is 58.6 Å². The Kier molecular flexibility index (Phi) is 5.55. The fraction of sp³-hybridized carbons (Fsp3) is 0.348. The molecule has 0 bridgehead atoms. The summed E-state index contributed by atoms with van der Waals surface area (Å²) in [7, 11) is 0. The molecule has 2 aliphatic rings. The first-order valence-corrected chi connectivity index (χ1v) is 10.2. The number of likely N-dealkylation sites (tertiary alicyclic amines) is 1. The van der Waals surface area contributed by atoms with E-state index in [-0.39, 0.29) is 5.91 Å². The van der Waals surface area contributed by atoms with Gasteiger partial charge in [-0.3, -0.25) is 14.7 Å². The molecule has 2 aromatic rings. The number of phenolic OH excluding ortho intramolecular Hbond substituents is 1. The minimum Gasteiger partial charge on any atom is -0.508 e. The summed E-state index contributed by atoms with van der Waals surface area (Å²) in [6.45, 7) is 4.22. The Bertz CT molecular complexity index is 995. The van der Waals surface area contributed by atoms with Crippen molar-refractivity contribution in [3.8, 4) is 5.75 Å². The number of piperidine rings is 1. The third-order valence-electron chi connectivity index (χ3n) is 6.09. The highest BCUT2D eigenvalue weighted by Gasteiger charge is 2.42. The average Bonchev–Trinajstić information content (AvgIpc) is 3.02. The third-order valence-corrected chi connectivity index (χ3v) is 6.09. The lowest BCUT2D eigenvalue weighted by Crippen LogP contribution is -2.38. The number of para-hydroxylation sites is 1. The SMILES string of the molecule is CC1(N=CC(CN2CCC(c3cccc(O)c3)CC2)=NN)C(=O)Nc2ccccc21. The number of nitrogens with two attached hydrogens (primary N) is 1. The van der Waals surface area contributed by atoms with Crippen molar-refractivity contribution >= 4 is 23.5 Å². The zero-order chi connectivity index (χ0) is 21.1. The van der Waals surface area contributed by atoms with Crippen LogP contribution in [0.25, 0.3) is 0 Å². The van der Waals surface area contributed by atoms with Crippen LogP contribution in [0.1, 0.15) is 36.8 Å². The molecule has 156 valence electrons. The molecule has 1 atom stereocenters. The fourth-order valence-corrected chi connectivity index (χ4v) is 4.26. The van der Waals surface area contributed by atoms with Crippen LogP contribution in [0.4, 0.5) is 5.69 Å². The average molecular weight is 406 g/mol. The van der Waals surface area contributed by atoms with Gasteiger partial charge in [0.1, 0.15) is 5.75 Å². The molecule has 4 N–H and O–H groups in total. The van der Waals surface area contributed by atoms with Gasteiger partial charge in [-0.25, -0.2) is 0 Å². The number of nitrogens with zero attached hydrogens (tertiary/aromatic N) is 3. The summed E-state index contributed by atoms with van der Waals surface area (Å²) in [5.74, 6) is 6.23. The number of hydrogen-bond acceptors (Lipinski definition) is 6. The molecule has 0 aliphatic carbocycles. The van der Waals surface area contributed by atoms with Crippen LogP contribution in [0, 0.1) is 0 Å². The minimum atomic E-state index is -0.977. The number of aliphatic imine (C=N–C) groups is 1. The predicted octanol–water partition coefficient (Wildman–Crippen LogP) is 2.82. The zero-order valence-corrected chi connectivity index (χ0v) is 17.1. The zero-order valence-electron chi connectivity index (χ0n) is 17.1. The Morgan fingerprint density at radius 3 is 2.77 bits per heavy atom. The highest BCUT2D eigenvalue weighted by molar-refractivity contribution is 6.32. The van der Waals surface area contributed by atoms with Gasteiger partial charge in [-0.05, 0) is 62.5 Å². The number of phenols is 1. The van der Waals surface area contributed by atoms with E-state index in [0.717, 1.165) is 37.2 Å². The van der Waals surface area contributed by atoms with Crippen LogP contribution >= 0.6 is 0 Å². The number of fused-ring (bicyclic) bond motifs is 1. The Labute approximate surface area is 176 Å². The molecule has 0 spiro atoms. The molecule has 7 nitrogen and oxygen atoms in total. The van der Waals surface area contributed by atoms with Crippen LogP contribution in [-0.2, 0) is 10.3 Å². The fourth-order valence-electron chi connectivity index (χ4n) is 4.26. The second-order valence-corrected chi connectivity index (χ2v) is 8.10. The number of rotatable bonds is 5. The van der Waals surface area contributed by atoms with Crippen LogP contribution in [-0.4, -0.2) is 47.5 Å². The maximum atomic E-state index is 12.5. The van der Waals surface area contributed by atoms with Gasteiger partial charge < -0.3 is 16.3 Å². The Balaban J connectivity index is 1.39. The van der Waals surface area contributed by atoms with Crippen LogP contribution < -0.4 is 11.2 Å². The summed E-state index contributed by atoms with van der Waals surface area (Å²) in [5, 5.41) is 16.5. The molecule has 1 fully saturated rings. The molecular formula is C23H27N5O2. The number of amides is 1. The van der Waals surface area contributed by atoms with Gasteiger partial charge in [0.25, 0.3) is 5.91 Å². The lowest BCUT2D eigenvalue weighted by molar-refractivity contribution is -0.120. The van der Waals surface area contributed by atoms with Gasteiger partial charge in [0, 0.05) is 24.0 Å². The van der Waals surface area contributed by atoms with E-state index in [1.807, 2.05) is 36.4 Å². The molecule has 1 amide bonds. The van der Waals surface area contributed by atoms with Crippen LogP contribution in [0.5, 0.6) is 5.75 Å².